The summed E-state index contributed by atoms with van der Waals surface area (Å²) in [6, 6.07) is 2.05. The average Bonchev–Trinajstić information content (AvgIpc) is 2.97. The Bertz CT molecular complexity index is 475. The summed E-state index contributed by atoms with van der Waals surface area (Å²) < 4.78 is 0. The largest absolute Gasteiger partial charge is 0.321 e. The Balaban J connectivity index is 2.23. The van der Waals surface area contributed by atoms with Gasteiger partial charge in [0, 0.05) is 6.54 Å². The lowest BCUT2D eigenvalue weighted by molar-refractivity contribution is -0.131. The highest BCUT2D eigenvalue weighted by Crippen LogP contribution is 2.33. The quantitative estimate of drug-likeness (QED) is 0.915. The number of amides is 1. The highest BCUT2D eigenvalue weighted by Gasteiger charge is 2.42. The van der Waals surface area contributed by atoms with Crippen LogP contribution in [0.3, 0.4) is 0 Å². The Morgan fingerprint density at radius 3 is 2.48 bits per heavy atom. The van der Waals surface area contributed by atoms with Crippen LogP contribution in [-0.2, 0) is 4.79 Å². The van der Waals surface area contributed by atoms with Crippen molar-refractivity contribution in [2.45, 2.75) is 53.8 Å². The van der Waals surface area contributed by atoms with Crippen LogP contribution < -0.4 is 5.32 Å². The minimum atomic E-state index is -0.0675. The summed E-state index contributed by atoms with van der Waals surface area (Å²) in [5, 5.41) is 7.75. The first-order chi connectivity index (χ1) is 9.71. The minimum absolute atomic E-state index is 0.0287. The number of carbonyl (C=O) groups is 1. The molecule has 2 heterocycles. The zero-order valence-corrected chi connectivity index (χ0v) is 14.8. The molecular formula is C17H28N2OS. The fraction of sp³-hybridized carbons (Fsp3) is 0.706. The molecule has 1 N–H and O–H groups in total. The molecule has 3 nitrogen and oxygen atoms in total. The molecule has 3 atom stereocenters. The van der Waals surface area contributed by atoms with Gasteiger partial charge in [0.1, 0.15) is 6.17 Å². The molecule has 0 spiro atoms. The van der Waals surface area contributed by atoms with Gasteiger partial charge in [0.15, 0.2) is 0 Å². The van der Waals surface area contributed by atoms with E-state index in [0.29, 0.717) is 11.8 Å². The Morgan fingerprint density at radius 1 is 1.33 bits per heavy atom. The van der Waals surface area contributed by atoms with Crippen molar-refractivity contribution >= 4 is 17.2 Å². The van der Waals surface area contributed by atoms with Crippen LogP contribution in [0, 0.1) is 17.3 Å². The molecule has 1 aromatic heterocycles. The Labute approximate surface area is 132 Å². The first-order valence-corrected chi connectivity index (χ1v) is 8.74. The number of nitrogens with one attached hydrogen (secondary N) is 1. The van der Waals surface area contributed by atoms with Gasteiger partial charge in [0.25, 0.3) is 0 Å². The zero-order chi connectivity index (χ0) is 15.8. The zero-order valence-electron chi connectivity index (χ0n) is 14.0. The summed E-state index contributed by atoms with van der Waals surface area (Å²) in [4.78, 5) is 14.8. The molecule has 1 amide bonds. The van der Waals surface area contributed by atoms with Gasteiger partial charge in [-0.25, -0.2) is 0 Å². The van der Waals surface area contributed by atoms with Gasteiger partial charge in [-0.2, -0.15) is 11.3 Å². The van der Waals surface area contributed by atoms with Gasteiger partial charge in [0.2, 0.25) is 5.91 Å². The van der Waals surface area contributed by atoms with Gasteiger partial charge in [-0.05, 0) is 39.6 Å². The van der Waals surface area contributed by atoms with E-state index < -0.39 is 0 Å². The van der Waals surface area contributed by atoms with E-state index in [9.17, 15) is 4.79 Å². The van der Waals surface area contributed by atoms with Crippen LogP contribution in [0.2, 0.25) is 0 Å². The summed E-state index contributed by atoms with van der Waals surface area (Å²) in [5.41, 5.74) is 1.41. The molecule has 0 saturated carbocycles. The molecule has 118 valence electrons. The summed E-state index contributed by atoms with van der Waals surface area (Å²) in [7, 11) is 0. The highest BCUT2D eigenvalue weighted by atomic mass is 32.1. The molecule has 1 fully saturated rings. The predicted octanol–water partition coefficient (Wildman–Crippen LogP) is 3.89. The molecule has 1 aromatic rings. The third-order valence-electron chi connectivity index (χ3n) is 4.67. The molecule has 1 saturated heterocycles. The van der Waals surface area contributed by atoms with Crippen molar-refractivity contribution in [1.29, 1.82) is 0 Å². The van der Waals surface area contributed by atoms with Crippen LogP contribution in [0.1, 0.15) is 53.3 Å². The van der Waals surface area contributed by atoms with Crippen LogP contribution in [-0.4, -0.2) is 23.4 Å². The van der Waals surface area contributed by atoms with Crippen LogP contribution in [0.15, 0.2) is 16.8 Å². The predicted molar refractivity (Wildman–Crippen MR) is 89.2 cm³/mol. The molecule has 0 aliphatic carbocycles. The Morgan fingerprint density at radius 2 is 2.00 bits per heavy atom. The number of hydrogen-bond acceptors (Lipinski definition) is 3. The molecule has 0 bridgehead atoms. The number of carbonyl (C=O) groups excluding carboxylic acids is 1. The lowest BCUT2D eigenvalue weighted by atomic mass is 9.81. The Kier molecular flexibility index (Phi) is 4.79. The van der Waals surface area contributed by atoms with E-state index in [2.05, 4.69) is 63.7 Å². The maximum Gasteiger partial charge on any atom is 0.241 e. The second-order valence-electron chi connectivity index (χ2n) is 7.61. The first-order valence-electron chi connectivity index (χ1n) is 7.80. The third kappa shape index (κ3) is 3.49. The van der Waals surface area contributed by atoms with Crippen molar-refractivity contribution in [1.82, 2.24) is 10.2 Å². The van der Waals surface area contributed by atoms with E-state index in [1.165, 1.54) is 5.56 Å². The van der Waals surface area contributed by atoms with Crippen molar-refractivity contribution in [3.05, 3.63) is 22.4 Å². The van der Waals surface area contributed by atoms with E-state index >= 15 is 0 Å². The van der Waals surface area contributed by atoms with Crippen LogP contribution in [0.5, 0.6) is 0 Å². The monoisotopic (exact) mass is 308 g/mol. The first kappa shape index (κ1) is 16.5. The van der Waals surface area contributed by atoms with Crippen molar-refractivity contribution < 1.29 is 4.79 Å². The number of nitrogens with zero attached hydrogens (tertiary/aromatic N) is 1. The van der Waals surface area contributed by atoms with Crippen molar-refractivity contribution in [3.63, 3.8) is 0 Å². The normalized spacial score (nSPS) is 24.9. The number of hydrogen-bond donors (Lipinski definition) is 1. The number of thiophene rings is 1. The van der Waals surface area contributed by atoms with Crippen molar-refractivity contribution in [2.75, 3.05) is 6.54 Å². The van der Waals surface area contributed by atoms with E-state index in [1.807, 2.05) is 4.90 Å². The second kappa shape index (κ2) is 6.09. The van der Waals surface area contributed by atoms with Gasteiger partial charge in [0.05, 0.1) is 6.04 Å². The minimum Gasteiger partial charge on any atom is -0.321 e. The fourth-order valence-electron chi connectivity index (χ4n) is 2.59. The molecule has 4 heteroatoms. The molecule has 21 heavy (non-hydrogen) atoms. The maximum absolute atomic E-state index is 12.8. The van der Waals surface area contributed by atoms with E-state index in [1.54, 1.807) is 11.3 Å². The highest BCUT2D eigenvalue weighted by molar-refractivity contribution is 7.07. The van der Waals surface area contributed by atoms with Gasteiger partial charge in [-0.3, -0.25) is 10.1 Å². The molecule has 1 aliphatic rings. The van der Waals surface area contributed by atoms with Gasteiger partial charge >= 0.3 is 0 Å². The van der Waals surface area contributed by atoms with E-state index in [0.717, 1.165) is 6.54 Å². The van der Waals surface area contributed by atoms with Crippen LogP contribution >= 0.6 is 11.3 Å². The second-order valence-corrected chi connectivity index (χ2v) is 8.39. The van der Waals surface area contributed by atoms with Crippen molar-refractivity contribution in [2.24, 2.45) is 17.3 Å². The summed E-state index contributed by atoms with van der Waals surface area (Å²) >= 11 is 1.69. The standard InChI is InChI=1S/C17H28N2OS/c1-11(2)14-16(20)19(9-12(3)17(4,5)6)15(18-14)13-7-8-21-10-13/h7-8,10-12,14-15,18H,9H2,1-6H3. The van der Waals surface area contributed by atoms with Crippen LogP contribution in [0.4, 0.5) is 0 Å². The maximum atomic E-state index is 12.8. The molecule has 0 aromatic carbocycles. The molecule has 2 rings (SSSR count). The molecule has 0 radical (unpaired) electrons. The van der Waals surface area contributed by atoms with E-state index in [-0.39, 0.29) is 23.5 Å². The van der Waals surface area contributed by atoms with Crippen LogP contribution in [0.25, 0.3) is 0 Å². The third-order valence-corrected chi connectivity index (χ3v) is 5.37. The molecular weight excluding hydrogens is 280 g/mol. The fourth-order valence-corrected chi connectivity index (χ4v) is 3.26. The molecule has 1 aliphatic heterocycles. The van der Waals surface area contributed by atoms with Crippen molar-refractivity contribution in [3.8, 4) is 0 Å². The summed E-state index contributed by atoms with van der Waals surface area (Å²) in [5.74, 6) is 1.01. The topological polar surface area (TPSA) is 32.3 Å². The van der Waals surface area contributed by atoms with E-state index in [4.69, 9.17) is 0 Å². The van der Waals surface area contributed by atoms with Gasteiger partial charge < -0.3 is 4.90 Å². The number of rotatable bonds is 4. The van der Waals surface area contributed by atoms with Gasteiger partial charge in [-0.1, -0.05) is 41.5 Å². The lowest BCUT2D eigenvalue weighted by Gasteiger charge is -2.33. The SMILES string of the molecule is CC(C)C1NC(c2ccsc2)N(CC(C)C(C)(C)C)C1=O. The van der Waals surface area contributed by atoms with Gasteiger partial charge in [-0.15, -0.1) is 0 Å². The lowest BCUT2D eigenvalue weighted by Crippen LogP contribution is -2.38. The summed E-state index contributed by atoms with van der Waals surface area (Å²) in [6.07, 6.45) is 0.0287. The summed E-state index contributed by atoms with van der Waals surface area (Å²) in [6.45, 7) is 14.0. The smallest absolute Gasteiger partial charge is 0.241 e. The molecule has 3 unspecified atom stereocenters. The average molecular weight is 308 g/mol. The Hall–Kier alpha value is -0.870.